The number of likely N-dealkylation sites (N-methyl/N-ethyl adjacent to an activating group) is 1. The summed E-state index contributed by atoms with van der Waals surface area (Å²) in [6, 6.07) is 11.3. The molecular formula is C16H28N2. The molecule has 1 aromatic rings. The number of aryl methyl sites for hydroxylation is 1. The van der Waals surface area contributed by atoms with Gasteiger partial charge in [-0.15, -0.1) is 0 Å². The largest absolute Gasteiger partial charge is 0.313 e. The van der Waals surface area contributed by atoms with Crippen molar-refractivity contribution in [2.75, 3.05) is 26.2 Å². The molecule has 1 aromatic carbocycles. The molecule has 0 saturated carbocycles. The molecule has 2 nitrogen and oxygen atoms in total. The van der Waals surface area contributed by atoms with Crippen LogP contribution >= 0.6 is 0 Å². The SMILES string of the molecule is CCN(CC)CCNC(C)CCc1ccccc1. The minimum Gasteiger partial charge on any atom is -0.313 e. The molecule has 0 aromatic heterocycles. The summed E-state index contributed by atoms with van der Waals surface area (Å²) in [6.07, 6.45) is 2.38. The van der Waals surface area contributed by atoms with Crippen LogP contribution in [0.5, 0.6) is 0 Å². The highest BCUT2D eigenvalue weighted by molar-refractivity contribution is 5.14. The lowest BCUT2D eigenvalue weighted by Crippen LogP contribution is -2.36. The van der Waals surface area contributed by atoms with E-state index in [0.29, 0.717) is 6.04 Å². The van der Waals surface area contributed by atoms with E-state index in [0.717, 1.165) is 26.2 Å². The number of hydrogen-bond donors (Lipinski definition) is 1. The smallest absolute Gasteiger partial charge is 0.0107 e. The Morgan fingerprint density at radius 2 is 1.78 bits per heavy atom. The van der Waals surface area contributed by atoms with E-state index >= 15 is 0 Å². The average molecular weight is 248 g/mol. The lowest BCUT2D eigenvalue weighted by Gasteiger charge is -2.20. The molecule has 1 atom stereocenters. The van der Waals surface area contributed by atoms with Gasteiger partial charge >= 0.3 is 0 Å². The molecule has 0 aliphatic heterocycles. The molecule has 0 aliphatic rings. The highest BCUT2D eigenvalue weighted by Crippen LogP contribution is 2.04. The van der Waals surface area contributed by atoms with Crippen molar-refractivity contribution in [2.45, 2.75) is 39.7 Å². The van der Waals surface area contributed by atoms with Crippen molar-refractivity contribution in [3.8, 4) is 0 Å². The van der Waals surface area contributed by atoms with Crippen LogP contribution in [0.2, 0.25) is 0 Å². The van der Waals surface area contributed by atoms with Gasteiger partial charge in [0.15, 0.2) is 0 Å². The van der Waals surface area contributed by atoms with Gasteiger partial charge in [0, 0.05) is 19.1 Å². The summed E-state index contributed by atoms with van der Waals surface area (Å²) in [5.41, 5.74) is 1.44. The van der Waals surface area contributed by atoms with Crippen LogP contribution in [-0.4, -0.2) is 37.1 Å². The average Bonchev–Trinajstić information content (AvgIpc) is 2.42. The molecular weight excluding hydrogens is 220 g/mol. The zero-order chi connectivity index (χ0) is 13.2. The summed E-state index contributed by atoms with van der Waals surface area (Å²) in [4.78, 5) is 2.46. The van der Waals surface area contributed by atoms with Crippen molar-refractivity contribution in [1.29, 1.82) is 0 Å². The monoisotopic (exact) mass is 248 g/mol. The zero-order valence-corrected chi connectivity index (χ0v) is 12.2. The third-order valence-electron chi connectivity index (χ3n) is 3.52. The molecule has 1 N–H and O–H groups in total. The third-order valence-corrected chi connectivity index (χ3v) is 3.52. The van der Waals surface area contributed by atoms with E-state index in [1.807, 2.05) is 0 Å². The second kappa shape index (κ2) is 9.12. The topological polar surface area (TPSA) is 15.3 Å². The predicted molar refractivity (Wildman–Crippen MR) is 80.0 cm³/mol. The van der Waals surface area contributed by atoms with Crippen LogP contribution in [0.15, 0.2) is 30.3 Å². The van der Waals surface area contributed by atoms with Gasteiger partial charge in [-0.25, -0.2) is 0 Å². The fourth-order valence-electron chi connectivity index (χ4n) is 2.14. The first kappa shape index (κ1) is 15.2. The molecule has 0 aliphatic carbocycles. The Balaban J connectivity index is 2.12. The second-order valence-corrected chi connectivity index (χ2v) is 4.91. The summed E-state index contributed by atoms with van der Waals surface area (Å²) in [7, 11) is 0. The molecule has 2 heteroatoms. The molecule has 0 spiro atoms. The number of hydrogen-bond acceptors (Lipinski definition) is 2. The second-order valence-electron chi connectivity index (χ2n) is 4.91. The van der Waals surface area contributed by atoms with Crippen molar-refractivity contribution >= 4 is 0 Å². The van der Waals surface area contributed by atoms with Crippen molar-refractivity contribution in [3.05, 3.63) is 35.9 Å². The fraction of sp³-hybridized carbons (Fsp3) is 0.625. The van der Waals surface area contributed by atoms with Crippen LogP contribution in [0, 0.1) is 0 Å². The van der Waals surface area contributed by atoms with E-state index in [2.05, 4.69) is 61.3 Å². The van der Waals surface area contributed by atoms with E-state index in [-0.39, 0.29) is 0 Å². The summed E-state index contributed by atoms with van der Waals surface area (Å²) >= 11 is 0. The molecule has 1 rings (SSSR count). The van der Waals surface area contributed by atoms with Crippen molar-refractivity contribution in [2.24, 2.45) is 0 Å². The highest BCUT2D eigenvalue weighted by atomic mass is 15.1. The Bertz CT molecular complexity index is 293. The van der Waals surface area contributed by atoms with Crippen LogP contribution in [-0.2, 0) is 6.42 Å². The Hall–Kier alpha value is -0.860. The van der Waals surface area contributed by atoms with Gasteiger partial charge in [0.25, 0.3) is 0 Å². The fourth-order valence-corrected chi connectivity index (χ4v) is 2.14. The molecule has 0 fully saturated rings. The maximum absolute atomic E-state index is 3.61. The van der Waals surface area contributed by atoms with E-state index in [9.17, 15) is 0 Å². The molecule has 102 valence electrons. The maximum Gasteiger partial charge on any atom is 0.0107 e. The number of benzene rings is 1. The first-order valence-electron chi connectivity index (χ1n) is 7.25. The molecule has 0 bridgehead atoms. The van der Waals surface area contributed by atoms with Crippen molar-refractivity contribution in [1.82, 2.24) is 10.2 Å². The van der Waals surface area contributed by atoms with Gasteiger partial charge in [0.1, 0.15) is 0 Å². The lowest BCUT2D eigenvalue weighted by atomic mass is 10.1. The third kappa shape index (κ3) is 6.18. The van der Waals surface area contributed by atoms with Crippen LogP contribution in [0.4, 0.5) is 0 Å². The molecule has 1 unspecified atom stereocenters. The van der Waals surface area contributed by atoms with Gasteiger partial charge in [-0.2, -0.15) is 0 Å². The van der Waals surface area contributed by atoms with Crippen LogP contribution in [0.25, 0.3) is 0 Å². The van der Waals surface area contributed by atoms with Crippen LogP contribution in [0.1, 0.15) is 32.8 Å². The van der Waals surface area contributed by atoms with Gasteiger partial charge in [0.2, 0.25) is 0 Å². The Morgan fingerprint density at radius 1 is 1.11 bits per heavy atom. The zero-order valence-electron chi connectivity index (χ0n) is 12.2. The quantitative estimate of drug-likeness (QED) is 0.723. The molecule has 0 amide bonds. The molecule has 18 heavy (non-hydrogen) atoms. The Labute approximate surface area is 112 Å². The lowest BCUT2D eigenvalue weighted by molar-refractivity contribution is 0.296. The normalized spacial score (nSPS) is 12.9. The summed E-state index contributed by atoms with van der Waals surface area (Å²) in [6.45, 7) is 11.3. The first-order chi connectivity index (χ1) is 8.76. The van der Waals surface area contributed by atoms with Gasteiger partial charge < -0.3 is 10.2 Å². The van der Waals surface area contributed by atoms with Crippen molar-refractivity contribution in [3.63, 3.8) is 0 Å². The minimum atomic E-state index is 0.598. The minimum absolute atomic E-state index is 0.598. The summed E-state index contributed by atoms with van der Waals surface area (Å²) in [5.74, 6) is 0. The predicted octanol–water partition coefficient (Wildman–Crippen LogP) is 2.94. The van der Waals surface area contributed by atoms with Gasteiger partial charge in [0.05, 0.1) is 0 Å². The first-order valence-corrected chi connectivity index (χ1v) is 7.25. The van der Waals surface area contributed by atoms with Gasteiger partial charge in [-0.1, -0.05) is 44.2 Å². The van der Waals surface area contributed by atoms with Gasteiger partial charge in [-0.3, -0.25) is 0 Å². The number of nitrogens with zero attached hydrogens (tertiary/aromatic N) is 1. The number of nitrogens with one attached hydrogen (secondary N) is 1. The summed E-state index contributed by atoms with van der Waals surface area (Å²) in [5, 5.41) is 3.61. The van der Waals surface area contributed by atoms with Crippen LogP contribution < -0.4 is 5.32 Å². The number of rotatable bonds is 9. The Kier molecular flexibility index (Phi) is 7.70. The van der Waals surface area contributed by atoms with E-state index in [1.54, 1.807) is 0 Å². The highest BCUT2D eigenvalue weighted by Gasteiger charge is 2.03. The van der Waals surface area contributed by atoms with E-state index in [4.69, 9.17) is 0 Å². The standard InChI is InChI=1S/C16H28N2/c1-4-18(5-2)14-13-17-15(3)11-12-16-9-7-6-8-10-16/h6-10,15,17H,4-5,11-14H2,1-3H3. The van der Waals surface area contributed by atoms with E-state index < -0.39 is 0 Å². The summed E-state index contributed by atoms with van der Waals surface area (Å²) < 4.78 is 0. The molecule has 0 heterocycles. The molecule has 0 saturated heterocycles. The molecule has 0 radical (unpaired) electrons. The van der Waals surface area contributed by atoms with Crippen LogP contribution in [0.3, 0.4) is 0 Å². The van der Waals surface area contributed by atoms with Crippen molar-refractivity contribution < 1.29 is 0 Å². The van der Waals surface area contributed by atoms with E-state index in [1.165, 1.54) is 18.4 Å². The van der Waals surface area contributed by atoms with Gasteiger partial charge in [-0.05, 0) is 38.4 Å². The Morgan fingerprint density at radius 3 is 2.39 bits per heavy atom. The maximum atomic E-state index is 3.61.